The van der Waals surface area contributed by atoms with Crippen molar-refractivity contribution in [3.63, 3.8) is 0 Å². The first kappa shape index (κ1) is 19.1. The molecule has 2 atom stereocenters. The molecule has 2 unspecified atom stereocenters. The third-order valence-electron chi connectivity index (χ3n) is 4.91. The van der Waals surface area contributed by atoms with Gasteiger partial charge in [-0.05, 0) is 55.5 Å². The fraction of sp³-hybridized carbons (Fsp3) is 0.238. The van der Waals surface area contributed by atoms with Gasteiger partial charge in [-0.25, -0.2) is 4.90 Å². The van der Waals surface area contributed by atoms with Gasteiger partial charge < -0.3 is 4.74 Å². The van der Waals surface area contributed by atoms with Crippen LogP contribution in [0.5, 0.6) is 5.75 Å². The van der Waals surface area contributed by atoms with Gasteiger partial charge in [0.1, 0.15) is 23.4 Å². The van der Waals surface area contributed by atoms with Crippen molar-refractivity contribution >= 4 is 46.3 Å². The number of fused-ring (bicyclic) bond motifs is 1. The first-order chi connectivity index (χ1) is 13.9. The molecule has 7 nitrogen and oxygen atoms in total. The van der Waals surface area contributed by atoms with Crippen LogP contribution in [0.2, 0.25) is 5.02 Å². The number of hydrogen-bond donors (Lipinski definition) is 0. The van der Waals surface area contributed by atoms with Crippen LogP contribution in [0, 0.1) is 5.92 Å². The largest absolute Gasteiger partial charge is 0.494 e. The zero-order chi connectivity index (χ0) is 20.7. The van der Waals surface area contributed by atoms with Crippen LogP contribution in [0.1, 0.15) is 13.8 Å². The Bertz CT molecular complexity index is 1020. The highest BCUT2D eigenvalue weighted by Gasteiger charge is 2.58. The van der Waals surface area contributed by atoms with Crippen molar-refractivity contribution in [1.29, 1.82) is 0 Å². The standard InChI is InChI=1S/C21H18ClN3O4/c1-3-29-16-10-8-14(9-11-16)24-20(27)17-18(12(2)26)23-25(19(17)21(24)28)15-6-4-13(22)5-7-15/h4-11,17,19H,3H2,1-2H3. The van der Waals surface area contributed by atoms with E-state index in [1.807, 2.05) is 6.92 Å². The fourth-order valence-electron chi connectivity index (χ4n) is 3.62. The maximum absolute atomic E-state index is 13.2. The molecular weight excluding hydrogens is 394 g/mol. The Balaban J connectivity index is 1.73. The van der Waals surface area contributed by atoms with Gasteiger partial charge in [0.15, 0.2) is 5.78 Å². The van der Waals surface area contributed by atoms with Crippen molar-refractivity contribution in [2.75, 3.05) is 16.5 Å². The monoisotopic (exact) mass is 411 g/mol. The van der Waals surface area contributed by atoms with E-state index in [0.29, 0.717) is 28.8 Å². The maximum Gasteiger partial charge on any atom is 0.259 e. The lowest BCUT2D eigenvalue weighted by Crippen LogP contribution is -2.39. The number of nitrogens with zero attached hydrogens (tertiary/aromatic N) is 3. The predicted octanol–water partition coefficient (Wildman–Crippen LogP) is 3.06. The topological polar surface area (TPSA) is 79.3 Å². The molecule has 0 aromatic heterocycles. The number of hydrogen-bond acceptors (Lipinski definition) is 6. The molecule has 2 aromatic rings. The lowest BCUT2D eigenvalue weighted by atomic mass is 9.95. The molecular formula is C21H18ClN3O4. The minimum Gasteiger partial charge on any atom is -0.494 e. The predicted molar refractivity (Wildman–Crippen MR) is 109 cm³/mol. The summed E-state index contributed by atoms with van der Waals surface area (Å²) in [5.74, 6) is -1.54. The number of hydrazone groups is 1. The van der Waals surface area contributed by atoms with Crippen LogP contribution in [-0.2, 0) is 14.4 Å². The molecule has 8 heteroatoms. The Morgan fingerprint density at radius 1 is 1.03 bits per heavy atom. The van der Waals surface area contributed by atoms with Crippen LogP contribution < -0.4 is 14.6 Å². The van der Waals surface area contributed by atoms with E-state index in [1.165, 1.54) is 11.9 Å². The zero-order valence-electron chi connectivity index (χ0n) is 15.8. The maximum atomic E-state index is 13.2. The average Bonchev–Trinajstić information content (AvgIpc) is 3.21. The second-order valence-electron chi connectivity index (χ2n) is 6.72. The van der Waals surface area contributed by atoms with E-state index < -0.39 is 23.8 Å². The lowest BCUT2D eigenvalue weighted by molar-refractivity contribution is -0.122. The first-order valence-corrected chi connectivity index (χ1v) is 9.55. The van der Waals surface area contributed by atoms with Crippen LogP contribution >= 0.6 is 11.6 Å². The number of anilines is 2. The molecule has 1 saturated heterocycles. The Hall–Kier alpha value is -3.19. The molecule has 0 radical (unpaired) electrons. The van der Waals surface area contributed by atoms with Crippen LogP contribution in [0.25, 0.3) is 0 Å². The molecule has 29 heavy (non-hydrogen) atoms. The Morgan fingerprint density at radius 2 is 1.66 bits per heavy atom. The summed E-state index contributed by atoms with van der Waals surface area (Å²) in [5.41, 5.74) is 1.09. The molecule has 2 aliphatic rings. The van der Waals surface area contributed by atoms with Crippen molar-refractivity contribution in [2.45, 2.75) is 19.9 Å². The number of benzene rings is 2. The highest BCUT2D eigenvalue weighted by Crippen LogP contribution is 2.38. The van der Waals surface area contributed by atoms with E-state index in [1.54, 1.807) is 48.5 Å². The molecule has 148 valence electrons. The SMILES string of the molecule is CCOc1ccc(N2C(=O)C3C(C(C)=O)=NN(c4ccc(Cl)cc4)C3C2=O)cc1. The normalized spacial score (nSPS) is 20.7. The minimum absolute atomic E-state index is 0.0803. The van der Waals surface area contributed by atoms with E-state index in [-0.39, 0.29) is 11.5 Å². The molecule has 0 aliphatic carbocycles. The van der Waals surface area contributed by atoms with Crippen molar-refractivity contribution in [3.8, 4) is 5.75 Å². The first-order valence-electron chi connectivity index (χ1n) is 9.17. The molecule has 2 aromatic carbocycles. The number of rotatable bonds is 5. The van der Waals surface area contributed by atoms with E-state index >= 15 is 0 Å². The van der Waals surface area contributed by atoms with Gasteiger partial charge in [0.25, 0.3) is 5.91 Å². The van der Waals surface area contributed by atoms with Crippen molar-refractivity contribution in [3.05, 3.63) is 53.6 Å². The summed E-state index contributed by atoms with van der Waals surface area (Å²) in [5, 5.41) is 6.28. The van der Waals surface area contributed by atoms with Gasteiger partial charge >= 0.3 is 0 Å². The summed E-state index contributed by atoms with van der Waals surface area (Å²) in [7, 11) is 0. The average molecular weight is 412 g/mol. The van der Waals surface area contributed by atoms with Gasteiger partial charge in [0.05, 0.1) is 18.0 Å². The molecule has 4 rings (SSSR count). The van der Waals surface area contributed by atoms with E-state index in [9.17, 15) is 14.4 Å². The third kappa shape index (κ3) is 3.17. The van der Waals surface area contributed by atoms with E-state index in [2.05, 4.69) is 5.10 Å². The number of ether oxygens (including phenoxy) is 1. The van der Waals surface area contributed by atoms with E-state index in [4.69, 9.17) is 16.3 Å². The Labute approximate surface area is 172 Å². The van der Waals surface area contributed by atoms with Crippen LogP contribution in [0.3, 0.4) is 0 Å². The number of carbonyl (C=O) groups is 3. The van der Waals surface area contributed by atoms with Crippen molar-refractivity contribution < 1.29 is 19.1 Å². The Kier molecular flexibility index (Phi) is 4.84. The summed E-state index contributed by atoms with van der Waals surface area (Å²) in [4.78, 5) is 39.7. The van der Waals surface area contributed by atoms with Gasteiger partial charge in [0, 0.05) is 11.9 Å². The zero-order valence-corrected chi connectivity index (χ0v) is 16.6. The number of carbonyl (C=O) groups excluding carboxylic acids is 3. The van der Waals surface area contributed by atoms with Crippen LogP contribution in [0.4, 0.5) is 11.4 Å². The second-order valence-corrected chi connectivity index (χ2v) is 7.16. The number of amides is 2. The summed E-state index contributed by atoms with van der Waals surface area (Å²) >= 11 is 5.95. The molecule has 0 spiro atoms. The number of halogens is 1. The molecule has 0 saturated carbocycles. The molecule has 2 aliphatic heterocycles. The van der Waals surface area contributed by atoms with Gasteiger partial charge in [-0.2, -0.15) is 5.10 Å². The van der Waals surface area contributed by atoms with Gasteiger partial charge in [-0.15, -0.1) is 0 Å². The van der Waals surface area contributed by atoms with Crippen molar-refractivity contribution in [2.24, 2.45) is 11.0 Å². The summed E-state index contributed by atoms with van der Waals surface area (Å²) in [6.45, 7) is 3.73. The van der Waals surface area contributed by atoms with Crippen LogP contribution in [-0.4, -0.2) is 36.0 Å². The smallest absolute Gasteiger partial charge is 0.259 e. The lowest BCUT2D eigenvalue weighted by Gasteiger charge is -2.22. The van der Waals surface area contributed by atoms with Gasteiger partial charge in [-0.1, -0.05) is 11.6 Å². The number of ketones is 1. The summed E-state index contributed by atoms with van der Waals surface area (Å²) in [6.07, 6.45) is 0. The highest BCUT2D eigenvalue weighted by molar-refractivity contribution is 6.48. The number of Topliss-reactive ketones (excluding diaryl/α,β-unsaturated/α-hetero) is 1. The highest BCUT2D eigenvalue weighted by atomic mass is 35.5. The fourth-order valence-corrected chi connectivity index (χ4v) is 3.75. The molecule has 0 N–H and O–H groups in total. The number of imide groups is 1. The molecule has 0 bridgehead atoms. The summed E-state index contributed by atoms with van der Waals surface area (Å²) in [6, 6.07) is 12.5. The molecule has 1 fully saturated rings. The summed E-state index contributed by atoms with van der Waals surface area (Å²) < 4.78 is 5.41. The molecule has 2 heterocycles. The Morgan fingerprint density at radius 3 is 2.24 bits per heavy atom. The molecule has 2 amide bonds. The van der Waals surface area contributed by atoms with Crippen molar-refractivity contribution in [1.82, 2.24) is 0 Å². The minimum atomic E-state index is -0.942. The van der Waals surface area contributed by atoms with Crippen LogP contribution in [0.15, 0.2) is 53.6 Å². The van der Waals surface area contributed by atoms with E-state index in [0.717, 1.165) is 4.90 Å². The van der Waals surface area contributed by atoms with Gasteiger partial charge in [-0.3, -0.25) is 19.4 Å². The third-order valence-corrected chi connectivity index (χ3v) is 5.16. The second kappa shape index (κ2) is 7.33. The quantitative estimate of drug-likeness (QED) is 0.706. The van der Waals surface area contributed by atoms with Gasteiger partial charge in [0.2, 0.25) is 5.91 Å².